The zero-order chi connectivity index (χ0) is 6.69. The van der Waals surface area contributed by atoms with Gasteiger partial charge in [0.25, 0.3) is 0 Å². The Bertz CT molecular complexity index is 206. The standard InChI is InChI=1S/C5H7N3O/c6-1-5-7-2-4(3-9)8-5/h2-3H,1,6H2,(H,7,8). The van der Waals surface area contributed by atoms with Crippen LogP contribution >= 0.6 is 0 Å². The molecule has 4 nitrogen and oxygen atoms in total. The van der Waals surface area contributed by atoms with E-state index in [0.29, 0.717) is 24.3 Å². The quantitative estimate of drug-likeness (QED) is 0.532. The average Bonchev–Trinajstić information content (AvgIpc) is 2.34. The number of nitrogens with zero attached hydrogens (tertiary/aromatic N) is 1. The van der Waals surface area contributed by atoms with Gasteiger partial charge in [0.2, 0.25) is 0 Å². The van der Waals surface area contributed by atoms with Gasteiger partial charge in [-0.05, 0) is 0 Å². The number of aromatic amines is 1. The molecule has 0 bridgehead atoms. The normalized spacial score (nSPS) is 9.44. The van der Waals surface area contributed by atoms with E-state index in [1.165, 1.54) is 6.20 Å². The van der Waals surface area contributed by atoms with Crippen LogP contribution in [0.4, 0.5) is 0 Å². The number of aromatic nitrogens is 2. The fourth-order valence-electron chi connectivity index (χ4n) is 0.542. The smallest absolute Gasteiger partial charge is 0.167 e. The molecule has 0 spiro atoms. The first kappa shape index (κ1) is 5.97. The van der Waals surface area contributed by atoms with Gasteiger partial charge in [0.05, 0.1) is 18.4 Å². The molecule has 0 aliphatic rings. The van der Waals surface area contributed by atoms with Crippen molar-refractivity contribution in [3.05, 3.63) is 17.7 Å². The van der Waals surface area contributed by atoms with E-state index in [1.54, 1.807) is 0 Å². The Morgan fingerprint density at radius 1 is 1.89 bits per heavy atom. The van der Waals surface area contributed by atoms with Crippen LogP contribution in [0.3, 0.4) is 0 Å². The van der Waals surface area contributed by atoms with Crippen LogP contribution in [0.25, 0.3) is 0 Å². The highest BCUT2D eigenvalue weighted by Crippen LogP contribution is 1.90. The van der Waals surface area contributed by atoms with Gasteiger partial charge < -0.3 is 10.7 Å². The largest absolute Gasteiger partial charge is 0.339 e. The van der Waals surface area contributed by atoms with Gasteiger partial charge in [0.15, 0.2) is 6.29 Å². The summed E-state index contributed by atoms with van der Waals surface area (Å²) >= 11 is 0. The van der Waals surface area contributed by atoms with Crippen LogP contribution < -0.4 is 5.73 Å². The first-order chi connectivity index (χ1) is 4.36. The Kier molecular flexibility index (Phi) is 1.60. The lowest BCUT2D eigenvalue weighted by atomic mass is 10.5. The topological polar surface area (TPSA) is 71.8 Å². The van der Waals surface area contributed by atoms with Crippen molar-refractivity contribution in [2.75, 3.05) is 0 Å². The molecule has 1 rings (SSSR count). The van der Waals surface area contributed by atoms with Crippen LogP contribution in [0.1, 0.15) is 16.3 Å². The molecule has 0 saturated heterocycles. The number of nitrogens with one attached hydrogen (secondary N) is 1. The Morgan fingerprint density at radius 3 is 3.00 bits per heavy atom. The lowest BCUT2D eigenvalue weighted by Gasteiger charge is -1.82. The second-order valence-corrected chi connectivity index (χ2v) is 1.61. The van der Waals surface area contributed by atoms with Crippen molar-refractivity contribution >= 4 is 6.29 Å². The van der Waals surface area contributed by atoms with Gasteiger partial charge in [-0.15, -0.1) is 0 Å². The molecule has 0 amide bonds. The molecule has 48 valence electrons. The molecule has 0 aliphatic carbocycles. The number of aldehydes is 1. The molecule has 0 unspecified atom stereocenters. The van der Waals surface area contributed by atoms with Crippen molar-refractivity contribution in [2.45, 2.75) is 6.54 Å². The predicted molar refractivity (Wildman–Crippen MR) is 31.9 cm³/mol. The van der Waals surface area contributed by atoms with Crippen LogP contribution in [-0.4, -0.2) is 16.3 Å². The van der Waals surface area contributed by atoms with E-state index in [2.05, 4.69) is 9.97 Å². The van der Waals surface area contributed by atoms with Gasteiger partial charge in [0, 0.05) is 0 Å². The van der Waals surface area contributed by atoms with Crippen molar-refractivity contribution < 1.29 is 4.79 Å². The Labute approximate surface area is 52.1 Å². The average molecular weight is 125 g/mol. The molecule has 1 aromatic heterocycles. The van der Waals surface area contributed by atoms with Gasteiger partial charge >= 0.3 is 0 Å². The SMILES string of the molecule is NCc1ncc(C=O)[nH]1. The van der Waals surface area contributed by atoms with E-state index < -0.39 is 0 Å². The maximum atomic E-state index is 10.0. The van der Waals surface area contributed by atoms with Crippen molar-refractivity contribution in [3.63, 3.8) is 0 Å². The van der Waals surface area contributed by atoms with E-state index >= 15 is 0 Å². The molecule has 3 N–H and O–H groups in total. The summed E-state index contributed by atoms with van der Waals surface area (Å²) in [5.74, 6) is 0.636. The number of hydrogen-bond donors (Lipinski definition) is 2. The number of carbonyl (C=O) groups is 1. The van der Waals surface area contributed by atoms with Crippen LogP contribution in [-0.2, 0) is 6.54 Å². The number of H-pyrrole nitrogens is 1. The summed E-state index contributed by atoms with van der Waals surface area (Å²) in [5.41, 5.74) is 5.68. The Morgan fingerprint density at radius 2 is 2.67 bits per heavy atom. The molecule has 9 heavy (non-hydrogen) atoms. The number of nitrogens with two attached hydrogens (primary N) is 1. The summed E-state index contributed by atoms with van der Waals surface area (Å²) in [5, 5.41) is 0. The zero-order valence-corrected chi connectivity index (χ0v) is 4.79. The molecule has 1 aromatic rings. The zero-order valence-electron chi connectivity index (χ0n) is 4.79. The van der Waals surface area contributed by atoms with E-state index in [4.69, 9.17) is 5.73 Å². The van der Waals surface area contributed by atoms with Crippen LogP contribution in [0, 0.1) is 0 Å². The predicted octanol–water partition coefficient (Wildman–Crippen LogP) is -0.319. The molecule has 1 heterocycles. The van der Waals surface area contributed by atoms with Crippen LogP contribution in [0.5, 0.6) is 0 Å². The molecule has 4 heteroatoms. The van der Waals surface area contributed by atoms with E-state index in [1.807, 2.05) is 0 Å². The van der Waals surface area contributed by atoms with E-state index in [-0.39, 0.29) is 0 Å². The monoisotopic (exact) mass is 125 g/mol. The Balaban J connectivity index is 2.86. The number of imidazole rings is 1. The van der Waals surface area contributed by atoms with Crippen molar-refractivity contribution in [2.24, 2.45) is 5.73 Å². The molecular weight excluding hydrogens is 118 g/mol. The van der Waals surface area contributed by atoms with Gasteiger partial charge in [-0.25, -0.2) is 4.98 Å². The second kappa shape index (κ2) is 2.41. The summed E-state index contributed by atoms with van der Waals surface area (Å²) in [6, 6.07) is 0. The minimum atomic E-state index is 0.341. The summed E-state index contributed by atoms with van der Waals surface area (Å²) in [6.45, 7) is 0.341. The first-order valence-electron chi connectivity index (χ1n) is 2.56. The van der Waals surface area contributed by atoms with Gasteiger partial charge in [-0.2, -0.15) is 0 Å². The maximum Gasteiger partial charge on any atom is 0.167 e. The fraction of sp³-hybridized carbons (Fsp3) is 0.200. The van der Waals surface area contributed by atoms with Gasteiger partial charge in [0.1, 0.15) is 5.82 Å². The second-order valence-electron chi connectivity index (χ2n) is 1.61. The minimum absolute atomic E-state index is 0.341. The molecule has 0 atom stereocenters. The third-order valence-electron chi connectivity index (χ3n) is 0.968. The van der Waals surface area contributed by atoms with E-state index in [9.17, 15) is 4.79 Å². The van der Waals surface area contributed by atoms with E-state index in [0.717, 1.165) is 0 Å². The third-order valence-corrected chi connectivity index (χ3v) is 0.968. The third kappa shape index (κ3) is 1.14. The summed E-state index contributed by atoms with van der Waals surface area (Å²) in [4.78, 5) is 16.5. The maximum absolute atomic E-state index is 10.0. The van der Waals surface area contributed by atoms with Crippen LogP contribution in [0.2, 0.25) is 0 Å². The minimum Gasteiger partial charge on any atom is -0.339 e. The van der Waals surface area contributed by atoms with Crippen molar-refractivity contribution in [1.29, 1.82) is 0 Å². The lowest BCUT2D eigenvalue weighted by Crippen LogP contribution is -1.97. The molecule has 0 aromatic carbocycles. The molecular formula is C5H7N3O. The van der Waals surface area contributed by atoms with Crippen molar-refractivity contribution in [3.8, 4) is 0 Å². The molecule has 0 aliphatic heterocycles. The summed E-state index contributed by atoms with van der Waals surface area (Å²) in [6.07, 6.45) is 2.15. The van der Waals surface area contributed by atoms with Crippen molar-refractivity contribution in [1.82, 2.24) is 9.97 Å². The highest BCUT2D eigenvalue weighted by atomic mass is 16.1. The highest BCUT2D eigenvalue weighted by Gasteiger charge is 1.93. The lowest BCUT2D eigenvalue weighted by molar-refractivity contribution is 0.111. The van der Waals surface area contributed by atoms with Crippen LogP contribution in [0.15, 0.2) is 6.20 Å². The number of carbonyl (C=O) groups excluding carboxylic acids is 1. The first-order valence-corrected chi connectivity index (χ1v) is 2.56. The number of rotatable bonds is 2. The molecule has 0 radical (unpaired) electrons. The molecule has 0 saturated carbocycles. The number of hydrogen-bond acceptors (Lipinski definition) is 3. The summed E-state index contributed by atoms with van der Waals surface area (Å²) < 4.78 is 0. The highest BCUT2D eigenvalue weighted by molar-refractivity contribution is 5.71. The van der Waals surface area contributed by atoms with Gasteiger partial charge in [-0.1, -0.05) is 0 Å². The summed E-state index contributed by atoms with van der Waals surface area (Å²) in [7, 11) is 0. The fourth-order valence-corrected chi connectivity index (χ4v) is 0.542. The molecule has 0 fully saturated rings. The Hall–Kier alpha value is -1.16. The van der Waals surface area contributed by atoms with Gasteiger partial charge in [-0.3, -0.25) is 4.79 Å².